The number of methoxy groups -OCH3 is 1. The second-order valence-corrected chi connectivity index (χ2v) is 6.30. The van der Waals surface area contributed by atoms with Crippen LogP contribution in [0.15, 0.2) is 24.3 Å². The molecule has 0 heterocycles. The van der Waals surface area contributed by atoms with E-state index in [0.717, 1.165) is 13.1 Å². The molecular weight excluding hydrogens is 278 g/mol. The van der Waals surface area contributed by atoms with Crippen molar-refractivity contribution in [2.45, 2.75) is 33.4 Å². The molecule has 1 aromatic rings. The highest BCUT2D eigenvalue weighted by molar-refractivity contribution is 5.21. The minimum absolute atomic E-state index is 0.384. The molecule has 0 aromatic heterocycles. The molecule has 0 spiro atoms. The van der Waals surface area contributed by atoms with E-state index in [0.29, 0.717) is 32.3 Å². The van der Waals surface area contributed by atoms with Gasteiger partial charge in [-0.3, -0.25) is 4.90 Å². The van der Waals surface area contributed by atoms with Gasteiger partial charge in [-0.05, 0) is 18.4 Å². The average Bonchev–Trinajstić information content (AvgIpc) is 2.46. The summed E-state index contributed by atoms with van der Waals surface area (Å²) < 4.78 is 10.7. The van der Waals surface area contributed by atoms with E-state index in [2.05, 4.69) is 49.9 Å². The van der Waals surface area contributed by atoms with Gasteiger partial charge in [-0.25, -0.2) is 0 Å². The SMILES string of the molecule is COCCN(Cc1ccc(C)cc1)CC(O)COCC(C)C. The van der Waals surface area contributed by atoms with Gasteiger partial charge in [-0.1, -0.05) is 43.7 Å². The van der Waals surface area contributed by atoms with Crippen LogP contribution in [0.5, 0.6) is 0 Å². The summed E-state index contributed by atoms with van der Waals surface area (Å²) >= 11 is 0. The highest BCUT2D eigenvalue weighted by Gasteiger charge is 2.13. The van der Waals surface area contributed by atoms with Crippen LogP contribution in [-0.4, -0.2) is 56.1 Å². The van der Waals surface area contributed by atoms with Crippen LogP contribution >= 0.6 is 0 Å². The standard InChI is InChI=1S/C18H31NO3/c1-15(2)13-22-14-18(20)12-19(9-10-21-4)11-17-7-5-16(3)6-8-17/h5-8,15,18,20H,9-14H2,1-4H3. The largest absolute Gasteiger partial charge is 0.389 e. The topological polar surface area (TPSA) is 41.9 Å². The molecule has 0 saturated carbocycles. The lowest BCUT2D eigenvalue weighted by Crippen LogP contribution is -2.36. The first-order valence-electron chi connectivity index (χ1n) is 8.04. The fourth-order valence-corrected chi connectivity index (χ4v) is 2.20. The van der Waals surface area contributed by atoms with Crippen molar-refractivity contribution >= 4 is 0 Å². The molecule has 0 aliphatic rings. The molecule has 0 saturated heterocycles. The van der Waals surface area contributed by atoms with Crippen LogP contribution in [0.2, 0.25) is 0 Å². The van der Waals surface area contributed by atoms with E-state index in [9.17, 15) is 5.11 Å². The Balaban J connectivity index is 2.46. The number of aliphatic hydroxyl groups excluding tert-OH is 1. The van der Waals surface area contributed by atoms with Crippen molar-refractivity contribution in [3.8, 4) is 0 Å². The summed E-state index contributed by atoms with van der Waals surface area (Å²) in [7, 11) is 1.70. The minimum Gasteiger partial charge on any atom is -0.389 e. The van der Waals surface area contributed by atoms with E-state index in [1.807, 2.05) is 0 Å². The lowest BCUT2D eigenvalue weighted by molar-refractivity contribution is 0.00336. The Morgan fingerprint density at radius 2 is 1.82 bits per heavy atom. The molecule has 0 fully saturated rings. The number of aryl methyl sites for hydroxylation is 1. The number of rotatable bonds is 11. The van der Waals surface area contributed by atoms with Crippen LogP contribution in [0.1, 0.15) is 25.0 Å². The Bertz CT molecular complexity index is 392. The Morgan fingerprint density at radius 1 is 1.14 bits per heavy atom. The van der Waals surface area contributed by atoms with Crippen molar-refractivity contribution < 1.29 is 14.6 Å². The Morgan fingerprint density at radius 3 is 2.41 bits per heavy atom. The van der Waals surface area contributed by atoms with Crippen molar-refractivity contribution in [3.05, 3.63) is 35.4 Å². The number of hydrogen-bond acceptors (Lipinski definition) is 4. The smallest absolute Gasteiger partial charge is 0.0900 e. The number of hydrogen-bond donors (Lipinski definition) is 1. The third-order valence-corrected chi connectivity index (χ3v) is 3.37. The first-order valence-corrected chi connectivity index (χ1v) is 8.04. The van der Waals surface area contributed by atoms with Gasteiger partial charge in [0.25, 0.3) is 0 Å². The number of benzene rings is 1. The van der Waals surface area contributed by atoms with Crippen molar-refractivity contribution in [1.29, 1.82) is 0 Å². The highest BCUT2D eigenvalue weighted by Crippen LogP contribution is 2.08. The second kappa shape index (κ2) is 10.7. The fraction of sp³-hybridized carbons (Fsp3) is 0.667. The van der Waals surface area contributed by atoms with Crippen LogP contribution in [0, 0.1) is 12.8 Å². The van der Waals surface area contributed by atoms with Gasteiger partial charge in [0, 0.05) is 33.4 Å². The van der Waals surface area contributed by atoms with Crippen molar-refractivity contribution in [1.82, 2.24) is 4.90 Å². The van der Waals surface area contributed by atoms with Crippen LogP contribution in [0.25, 0.3) is 0 Å². The summed E-state index contributed by atoms with van der Waals surface area (Å²) in [6.07, 6.45) is -0.471. The van der Waals surface area contributed by atoms with Crippen LogP contribution in [0.3, 0.4) is 0 Å². The van der Waals surface area contributed by atoms with E-state index in [4.69, 9.17) is 9.47 Å². The van der Waals surface area contributed by atoms with Crippen molar-refractivity contribution in [2.24, 2.45) is 5.92 Å². The highest BCUT2D eigenvalue weighted by atomic mass is 16.5. The normalized spacial score (nSPS) is 13.0. The maximum Gasteiger partial charge on any atom is 0.0900 e. The number of ether oxygens (including phenoxy) is 2. The summed E-state index contributed by atoms with van der Waals surface area (Å²) in [6.45, 7) is 10.2. The van der Waals surface area contributed by atoms with Gasteiger partial charge in [0.2, 0.25) is 0 Å². The molecule has 1 atom stereocenters. The molecule has 22 heavy (non-hydrogen) atoms. The molecule has 4 heteroatoms. The molecule has 0 radical (unpaired) electrons. The zero-order chi connectivity index (χ0) is 16.4. The maximum absolute atomic E-state index is 10.1. The first kappa shape index (κ1) is 19.1. The maximum atomic E-state index is 10.1. The molecule has 1 aromatic carbocycles. The van der Waals surface area contributed by atoms with Gasteiger partial charge in [-0.15, -0.1) is 0 Å². The van der Waals surface area contributed by atoms with E-state index in [1.54, 1.807) is 7.11 Å². The van der Waals surface area contributed by atoms with Gasteiger partial charge in [0.1, 0.15) is 0 Å². The molecule has 126 valence electrons. The van der Waals surface area contributed by atoms with Gasteiger partial charge >= 0.3 is 0 Å². The molecular formula is C18H31NO3. The molecule has 0 amide bonds. The molecule has 1 N–H and O–H groups in total. The molecule has 1 rings (SSSR count). The molecule has 1 unspecified atom stereocenters. The van der Waals surface area contributed by atoms with Gasteiger partial charge in [0.05, 0.1) is 19.3 Å². The van der Waals surface area contributed by atoms with Crippen LogP contribution in [0.4, 0.5) is 0 Å². The summed E-state index contributed by atoms with van der Waals surface area (Å²) in [5, 5.41) is 10.1. The van der Waals surface area contributed by atoms with E-state index >= 15 is 0 Å². The third kappa shape index (κ3) is 8.49. The number of aliphatic hydroxyl groups is 1. The first-order chi connectivity index (χ1) is 10.5. The molecule has 0 aliphatic heterocycles. The lowest BCUT2D eigenvalue weighted by atomic mass is 10.1. The van der Waals surface area contributed by atoms with Crippen LogP contribution in [-0.2, 0) is 16.0 Å². The summed E-state index contributed by atoms with van der Waals surface area (Å²) in [4.78, 5) is 2.21. The predicted molar refractivity (Wildman–Crippen MR) is 90.0 cm³/mol. The zero-order valence-electron chi connectivity index (χ0n) is 14.4. The average molecular weight is 309 g/mol. The summed E-state index contributed by atoms with van der Waals surface area (Å²) in [5.41, 5.74) is 2.51. The van der Waals surface area contributed by atoms with Gasteiger partial charge in [-0.2, -0.15) is 0 Å². The lowest BCUT2D eigenvalue weighted by Gasteiger charge is -2.25. The van der Waals surface area contributed by atoms with E-state index < -0.39 is 6.10 Å². The van der Waals surface area contributed by atoms with Gasteiger partial charge in [0.15, 0.2) is 0 Å². The third-order valence-electron chi connectivity index (χ3n) is 3.37. The molecule has 0 bridgehead atoms. The zero-order valence-corrected chi connectivity index (χ0v) is 14.4. The van der Waals surface area contributed by atoms with Crippen LogP contribution < -0.4 is 0 Å². The van der Waals surface area contributed by atoms with E-state index in [1.165, 1.54) is 11.1 Å². The van der Waals surface area contributed by atoms with Crippen molar-refractivity contribution in [2.75, 3.05) is 40.0 Å². The summed E-state index contributed by atoms with van der Waals surface area (Å²) in [6, 6.07) is 8.51. The fourth-order valence-electron chi connectivity index (χ4n) is 2.20. The molecule has 4 nitrogen and oxygen atoms in total. The second-order valence-electron chi connectivity index (χ2n) is 6.30. The van der Waals surface area contributed by atoms with Crippen molar-refractivity contribution in [3.63, 3.8) is 0 Å². The van der Waals surface area contributed by atoms with Gasteiger partial charge < -0.3 is 14.6 Å². The Hall–Kier alpha value is -0.940. The quantitative estimate of drug-likeness (QED) is 0.682. The number of nitrogens with zero attached hydrogens (tertiary/aromatic N) is 1. The monoisotopic (exact) mass is 309 g/mol. The molecule has 0 aliphatic carbocycles. The van der Waals surface area contributed by atoms with E-state index in [-0.39, 0.29) is 0 Å². The Kier molecular flexibility index (Phi) is 9.32. The Labute approximate surface area is 135 Å². The predicted octanol–water partition coefficient (Wildman–Crippen LogP) is 2.48. The minimum atomic E-state index is -0.471. The summed E-state index contributed by atoms with van der Waals surface area (Å²) in [5.74, 6) is 0.490.